The SMILES string of the molecule is Cc1c(C(F)(F)F)cnc(N2CCCC(F)(F)CC2)c1C(=O)Nc1cccc(S(C)(=O)=NC(=O)CN2CC(F)(F)C2)c1. The lowest BCUT2D eigenvalue weighted by molar-refractivity contribution is -0.142. The number of benzene rings is 1. The number of amides is 2. The lowest BCUT2D eigenvalue weighted by atomic mass is 10.0. The van der Waals surface area contributed by atoms with Crippen molar-refractivity contribution >= 4 is 33.0 Å². The topological polar surface area (TPSA) is 95.0 Å². The summed E-state index contributed by atoms with van der Waals surface area (Å²) >= 11 is 0. The Balaban J connectivity index is 1.62. The van der Waals surface area contributed by atoms with Crippen LogP contribution >= 0.6 is 0 Å². The highest BCUT2D eigenvalue weighted by molar-refractivity contribution is 7.93. The van der Waals surface area contributed by atoms with Gasteiger partial charge in [-0.3, -0.25) is 14.5 Å². The Morgan fingerprint density at radius 3 is 2.43 bits per heavy atom. The Kier molecular flexibility index (Phi) is 8.62. The molecule has 2 aromatic rings. The first-order valence-electron chi connectivity index (χ1n) is 12.8. The van der Waals surface area contributed by atoms with Crippen molar-refractivity contribution in [3.63, 3.8) is 0 Å². The molecule has 1 aromatic carbocycles. The minimum atomic E-state index is -4.84. The van der Waals surface area contributed by atoms with Gasteiger partial charge in [0.25, 0.3) is 17.7 Å². The van der Waals surface area contributed by atoms with E-state index in [1.807, 2.05) is 0 Å². The molecule has 1 atom stereocenters. The summed E-state index contributed by atoms with van der Waals surface area (Å²) in [6.07, 6.45) is -4.08. The zero-order chi connectivity index (χ0) is 31.1. The summed E-state index contributed by atoms with van der Waals surface area (Å²) in [5, 5.41) is 2.45. The van der Waals surface area contributed by atoms with Crippen LogP contribution in [0.25, 0.3) is 0 Å². The maximum Gasteiger partial charge on any atom is 0.418 e. The van der Waals surface area contributed by atoms with Crippen LogP contribution in [0.15, 0.2) is 39.7 Å². The average molecular weight is 624 g/mol. The molecule has 3 heterocycles. The van der Waals surface area contributed by atoms with Crippen LogP contribution in [0.2, 0.25) is 0 Å². The number of likely N-dealkylation sites (tertiary alicyclic amines) is 1. The van der Waals surface area contributed by atoms with Crippen LogP contribution in [-0.4, -0.2) is 76.7 Å². The van der Waals surface area contributed by atoms with Gasteiger partial charge in [-0.25, -0.2) is 26.8 Å². The first-order chi connectivity index (χ1) is 19.4. The van der Waals surface area contributed by atoms with Gasteiger partial charge in [0.2, 0.25) is 5.92 Å². The fourth-order valence-electron chi connectivity index (χ4n) is 4.85. The Labute approximate surface area is 237 Å². The lowest BCUT2D eigenvalue weighted by Crippen LogP contribution is -2.57. The van der Waals surface area contributed by atoms with Crippen molar-refractivity contribution in [2.75, 3.05) is 49.2 Å². The maximum atomic E-state index is 14.0. The van der Waals surface area contributed by atoms with Gasteiger partial charge in [-0.05, 0) is 37.1 Å². The van der Waals surface area contributed by atoms with Crippen LogP contribution in [0.5, 0.6) is 0 Å². The molecule has 1 aromatic heterocycles. The van der Waals surface area contributed by atoms with Crippen LogP contribution < -0.4 is 10.2 Å². The summed E-state index contributed by atoms with van der Waals surface area (Å²) in [6, 6.07) is 5.31. The number of nitrogens with zero attached hydrogens (tertiary/aromatic N) is 4. The fraction of sp³-hybridized carbons (Fsp3) is 0.500. The predicted molar refractivity (Wildman–Crippen MR) is 141 cm³/mol. The van der Waals surface area contributed by atoms with Crippen molar-refractivity contribution in [2.24, 2.45) is 4.36 Å². The summed E-state index contributed by atoms with van der Waals surface area (Å²) in [4.78, 5) is 32.0. The maximum absolute atomic E-state index is 14.0. The summed E-state index contributed by atoms with van der Waals surface area (Å²) < 4.78 is 112. The van der Waals surface area contributed by atoms with Gasteiger partial charge in [-0.15, -0.1) is 0 Å². The highest BCUT2D eigenvalue weighted by atomic mass is 32.2. The van der Waals surface area contributed by atoms with Crippen LogP contribution in [0, 0.1) is 6.92 Å². The van der Waals surface area contributed by atoms with Gasteiger partial charge >= 0.3 is 6.18 Å². The van der Waals surface area contributed by atoms with Crippen molar-refractivity contribution in [1.29, 1.82) is 0 Å². The molecule has 4 rings (SSSR count). The largest absolute Gasteiger partial charge is 0.418 e. The van der Waals surface area contributed by atoms with Crippen LogP contribution in [0.3, 0.4) is 0 Å². The fourth-order valence-corrected chi connectivity index (χ4v) is 6.08. The molecule has 2 fully saturated rings. The molecule has 16 heteroatoms. The Hall–Kier alpha value is -3.27. The summed E-state index contributed by atoms with van der Waals surface area (Å²) in [5.41, 5.74) is -2.07. The zero-order valence-corrected chi connectivity index (χ0v) is 23.4. The van der Waals surface area contributed by atoms with Crippen molar-refractivity contribution in [1.82, 2.24) is 9.88 Å². The molecule has 0 bridgehead atoms. The van der Waals surface area contributed by atoms with E-state index in [4.69, 9.17) is 0 Å². The van der Waals surface area contributed by atoms with Gasteiger partial charge in [0.05, 0.1) is 40.5 Å². The van der Waals surface area contributed by atoms with Gasteiger partial charge in [0, 0.05) is 49.0 Å². The number of anilines is 2. The average Bonchev–Trinajstić information content (AvgIpc) is 3.01. The van der Waals surface area contributed by atoms with E-state index in [2.05, 4.69) is 14.7 Å². The standard InChI is InChI=1S/C26H28F7N5O3S/c1-16-19(26(31,32)33)12-34-22(38-9-4-7-24(27,28)8-10-38)21(16)23(40)35-17-5-3-6-18(11-17)42(2,41)36-20(39)13-37-14-25(29,30)15-37/h3,5-6,11-12H,4,7-10,13-15H2,1-2H3,(H,35,40). The van der Waals surface area contributed by atoms with Crippen LogP contribution in [0.1, 0.15) is 40.7 Å². The van der Waals surface area contributed by atoms with Crippen LogP contribution in [-0.2, 0) is 20.7 Å². The van der Waals surface area contributed by atoms with Gasteiger partial charge in [-0.2, -0.15) is 17.5 Å². The molecule has 42 heavy (non-hydrogen) atoms. The number of alkyl halides is 7. The quantitative estimate of drug-likeness (QED) is 0.444. The van der Waals surface area contributed by atoms with Gasteiger partial charge in [-0.1, -0.05) is 6.07 Å². The molecule has 2 aliphatic rings. The monoisotopic (exact) mass is 623 g/mol. The zero-order valence-electron chi connectivity index (χ0n) is 22.6. The van der Waals surface area contributed by atoms with Gasteiger partial charge < -0.3 is 10.2 Å². The second-order valence-electron chi connectivity index (χ2n) is 10.5. The number of hydrogen-bond donors (Lipinski definition) is 1. The van der Waals surface area contributed by atoms with E-state index in [0.29, 0.717) is 6.20 Å². The second kappa shape index (κ2) is 11.4. The molecule has 0 aliphatic carbocycles. The third-order valence-electron chi connectivity index (χ3n) is 6.94. The van der Waals surface area contributed by atoms with Crippen molar-refractivity contribution in [3.05, 3.63) is 47.2 Å². The number of halogens is 7. The highest BCUT2D eigenvalue weighted by Gasteiger charge is 2.44. The van der Waals surface area contributed by atoms with E-state index in [-0.39, 0.29) is 35.9 Å². The van der Waals surface area contributed by atoms with E-state index in [1.165, 1.54) is 29.2 Å². The molecular weight excluding hydrogens is 595 g/mol. The molecule has 0 saturated carbocycles. The van der Waals surface area contributed by atoms with Crippen molar-refractivity contribution in [2.45, 2.75) is 49.1 Å². The molecule has 0 spiro atoms. The number of carbonyl (C=O) groups is 2. The first-order valence-corrected chi connectivity index (χ1v) is 14.8. The van der Waals surface area contributed by atoms with Crippen molar-refractivity contribution in [3.8, 4) is 0 Å². The third kappa shape index (κ3) is 7.38. The number of nitrogens with one attached hydrogen (secondary N) is 1. The smallest absolute Gasteiger partial charge is 0.356 e. The summed E-state index contributed by atoms with van der Waals surface area (Å²) in [6.45, 7) is -0.791. The number of aromatic nitrogens is 1. The number of hydrogen-bond acceptors (Lipinski definition) is 6. The first kappa shape index (κ1) is 31.7. The molecule has 230 valence electrons. The van der Waals surface area contributed by atoms with E-state index in [1.54, 1.807) is 0 Å². The van der Waals surface area contributed by atoms with E-state index in [0.717, 1.165) is 18.1 Å². The third-order valence-corrected chi connectivity index (χ3v) is 8.62. The van der Waals surface area contributed by atoms with E-state index < -0.39 is 88.7 Å². The Morgan fingerprint density at radius 2 is 1.79 bits per heavy atom. The van der Waals surface area contributed by atoms with Gasteiger partial charge in [0.1, 0.15) is 5.82 Å². The molecule has 0 radical (unpaired) electrons. The Morgan fingerprint density at radius 1 is 1.10 bits per heavy atom. The van der Waals surface area contributed by atoms with E-state index >= 15 is 0 Å². The van der Waals surface area contributed by atoms with E-state index in [9.17, 15) is 44.5 Å². The predicted octanol–water partition coefficient (Wildman–Crippen LogP) is 5.22. The number of carbonyl (C=O) groups excluding carboxylic acids is 2. The summed E-state index contributed by atoms with van der Waals surface area (Å²) in [7, 11) is -3.40. The molecule has 2 amide bonds. The molecule has 2 aliphatic heterocycles. The molecular formula is C26H28F7N5O3S. The van der Waals surface area contributed by atoms with Gasteiger partial charge in [0.15, 0.2) is 0 Å². The molecule has 1 unspecified atom stereocenters. The Bertz CT molecular complexity index is 1500. The minimum Gasteiger partial charge on any atom is -0.356 e. The second-order valence-corrected chi connectivity index (χ2v) is 12.7. The molecule has 2 saturated heterocycles. The normalized spacial score (nSPS) is 20.2. The highest BCUT2D eigenvalue weighted by Crippen LogP contribution is 2.37. The lowest BCUT2D eigenvalue weighted by Gasteiger charge is -2.37. The van der Waals surface area contributed by atoms with Crippen molar-refractivity contribution < 1.29 is 44.5 Å². The molecule has 1 N–H and O–H groups in total. The molecule has 8 nitrogen and oxygen atoms in total. The summed E-state index contributed by atoms with van der Waals surface area (Å²) in [5.74, 6) is -7.93. The minimum absolute atomic E-state index is 0.00210. The number of rotatable bonds is 6. The number of pyridine rings is 1. The van der Waals surface area contributed by atoms with Crippen LogP contribution in [0.4, 0.5) is 42.2 Å².